The van der Waals surface area contributed by atoms with E-state index in [1.807, 2.05) is 6.92 Å². The first-order valence-electron chi connectivity index (χ1n) is 5.35. The smallest absolute Gasteiger partial charge is 0.224 e. The van der Waals surface area contributed by atoms with Gasteiger partial charge in [-0.2, -0.15) is 0 Å². The maximum absolute atomic E-state index is 13.1. The van der Waals surface area contributed by atoms with Crippen molar-refractivity contribution in [1.82, 2.24) is 5.32 Å². The van der Waals surface area contributed by atoms with Gasteiger partial charge in [0, 0.05) is 12.1 Å². The van der Waals surface area contributed by atoms with E-state index in [-0.39, 0.29) is 18.1 Å². The molecule has 0 heterocycles. The fourth-order valence-corrected chi connectivity index (χ4v) is 1.37. The molecule has 0 aromatic heterocycles. The quantitative estimate of drug-likeness (QED) is 0.813. The van der Waals surface area contributed by atoms with Crippen LogP contribution in [0.1, 0.15) is 24.5 Å². The highest BCUT2D eigenvalue weighted by Crippen LogP contribution is 2.12. The molecular weight excluding hydrogens is 205 g/mol. The minimum Gasteiger partial charge on any atom is -0.356 e. The summed E-state index contributed by atoms with van der Waals surface area (Å²) in [5.41, 5.74) is 1.23. The van der Waals surface area contributed by atoms with Crippen LogP contribution in [0.15, 0.2) is 24.8 Å². The molecule has 0 saturated heterocycles. The molecule has 3 heteroatoms. The van der Waals surface area contributed by atoms with E-state index in [0.29, 0.717) is 12.1 Å². The zero-order valence-corrected chi connectivity index (χ0v) is 9.42. The Morgan fingerprint density at radius 1 is 1.56 bits per heavy atom. The minimum atomic E-state index is -0.312. The second-order valence-corrected chi connectivity index (χ2v) is 3.59. The molecule has 0 aliphatic carbocycles. The van der Waals surface area contributed by atoms with Crippen molar-refractivity contribution < 1.29 is 9.18 Å². The van der Waals surface area contributed by atoms with Crippen LogP contribution in [0.2, 0.25) is 0 Å². The third-order valence-corrected chi connectivity index (χ3v) is 2.22. The number of rotatable bonds is 5. The van der Waals surface area contributed by atoms with Gasteiger partial charge in [-0.25, -0.2) is 4.39 Å². The van der Waals surface area contributed by atoms with Crippen LogP contribution in [0, 0.1) is 5.82 Å². The Bertz CT molecular complexity index is 388. The molecule has 0 atom stereocenters. The van der Waals surface area contributed by atoms with Gasteiger partial charge in [0.1, 0.15) is 5.82 Å². The molecule has 0 radical (unpaired) electrons. The van der Waals surface area contributed by atoms with E-state index in [2.05, 4.69) is 11.9 Å². The topological polar surface area (TPSA) is 29.1 Å². The molecule has 0 spiro atoms. The number of carbonyl (C=O) groups is 1. The van der Waals surface area contributed by atoms with Gasteiger partial charge in [0.05, 0.1) is 6.42 Å². The van der Waals surface area contributed by atoms with Crippen molar-refractivity contribution >= 4 is 12.0 Å². The summed E-state index contributed by atoms with van der Waals surface area (Å²) in [7, 11) is 0. The Morgan fingerprint density at radius 2 is 2.31 bits per heavy atom. The summed E-state index contributed by atoms with van der Waals surface area (Å²) in [6, 6.07) is 4.63. The Balaban J connectivity index is 2.67. The van der Waals surface area contributed by atoms with E-state index >= 15 is 0 Å². The molecule has 86 valence electrons. The van der Waals surface area contributed by atoms with E-state index in [1.54, 1.807) is 12.1 Å². The molecule has 0 aliphatic rings. The van der Waals surface area contributed by atoms with Crippen LogP contribution in [0.25, 0.3) is 6.08 Å². The van der Waals surface area contributed by atoms with E-state index < -0.39 is 0 Å². The molecule has 1 aromatic carbocycles. The molecule has 0 unspecified atom stereocenters. The largest absolute Gasteiger partial charge is 0.356 e. The van der Waals surface area contributed by atoms with Crippen LogP contribution in [-0.4, -0.2) is 12.5 Å². The number of halogens is 1. The van der Waals surface area contributed by atoms with Crippen molar-refractivity contribution in [3.05, 3.63) is 41.7 Å². The van der Waals surface area contributed by atoms with Crippen LogP contribution in [0.3, 0.4) is 0 Å². The summed E-state index contributed by atoms with van der Waals surface area (Å²) < 4.78 is 13.1. The molecule has 1 amide bonds. The molecule has 0 fully saturated rings. The lowest BCUT2D eigenvalue weighted by molar-refractivity contribution is -0.120. The predicted molar refractivity (Wildman–Crippen MR) is 63.5 cm³/mol. The average molecular weight is 221 g/mol. The monoisotopic (exact) mass is 221 g/mol. The Labute approximate surface area is 95.2 Å². The van der Waals surface area contributed by atoms with Gasteiger partial charge in [0.2, 0.25) is 5.91 Å². The number of benzene rings is 1. The molecule has 0 aliphatic heterocycles. The first kappa shape index (κ1) is 12.4. The molecule has 1 aromatic rings. The van der Waals surface area contributed by atoms with Gasteiger partial charge in [0.25, 0.3) is 0 Å². The molecule has 1 rings (SSSR count). The van der Waals surface area contributed by atoms with Gasteiger partial charge in [-0.1, -0.05) is 25.6 Å². The summed E-state index contributed by atoms with van der Waals surface area (Å²) >= 11 is 0. The van der Waals surface area contributed by atoms with Gasteiger partial charge < -0.3 is 5.32 Å². The second-order valence-electron chi connectivity index (χ2n) is 3.59. The Hall–Kier alpha value is -1.64. The number of hydrogen-bond donors (Lipinski definition) is 1. The molecule has 16 heavy (non-hydrogen) atoms. The predicted octanol–water partition coefficient (Wildman–Crippen LogP) is 2.54. The summed E-state index contributed by atoms with van der Waals surface area (Å²) in [5.74, 6) is -0.351. The summed E-state index contributed by atoms with van der Waals surface area (Å²) in [4.78, 5) is 11.4. The summed E-state index contributed by atoms with van der Waals surface area (Å²) in [6.45, 7) is 6.19. The van der Waals surface area contributed by atoms with Crippen molar-refractivity contribution in [3.8, 4) is 0 Å². The molecular formula is C13H16FNO. The third-order valence-electron chi connectivity index (χ3n) is 2.22. The van der Waals surface area contributed by atoms with Gasteiger partial charge in [-0.3, -0.25) is 4.79 Å². The maximum Gasteiger partial charge on any atom is 0.224 e. The lowest BCUT2D eigenvalue weighted by atomic mass is 10.1. The minimum absolute atomic E-state index is 0.0385. The summed E-state index contributed by atoms with van der Waals surface area (Å²) in [5, 5.41) is 2.77. The molecule has 1 N–H and O–H groups in total. The zero-order valence-electron chi connectivity index (χ0n) is 9.42. The molecule has 0 saturated carbocycles. The van der Waals surface area contributed by atoms with Crippen LogP contribution >= 0.6 is 0 Å². The van der Waals surface area contributed by atoms with Gasteiger partial charge >= 0.3 is 0 Å². The van der Waals surface area contributed by atoms with Crippen LogP contribution in [0.4, 0.5) is 4.39 Å². The Kier molecular flexibility index (Phi) is 4.70. The highest BCUT2D eigenvalue weighted by molar-refractivity contribution is 5.78. The SMILES string of the molecule is C=Cc1cc(CC(=O)NCCC)ccc1F. The van der Waals surface area contributed by atoms with E-state index in [0.717, 1.165) is 12.0 Å². The van der Waals surface area contributed by atoms with Crippen molar-refractivity contribution in [2.24, 2.45) is 0 Å². The fraction of sp³-hybridized carbons (Fsp3) is 0.308. The lowest BCUT2D eigenvalue weighted by Gasteiger charge is -2.05. The number of amides is 1. The molecule has 0 bridgehead atoms. The van der Waals surface area contributed by atoms with Crippen molar-refractivity contribution in [2.45, 2.75) is 19.8 Å². The first-order chi connectivity index (χ1) is 7.67. The highest BCUT2D eigenvalue weighted by atomic mass is 19.1. The number of hydrogen-bond acceptors (Lipinski definition) is 1. The summed E-state index contributed by atoms with van der Waals surface area (Å²) in [6.07, 6.45) is 2.64. The van der Waals surface area contributed by atoms with E-state index in [9.17, 15) is 9.18 Å². The van der Waals surface area contributed by atoms with Gasteiger partial charge in [-0.05, 0) is 24.1 Å². The van der Waals surface area contributed by atoms with Crippen LogP contribution in [0.5, 0.6) is 0 Å². The normalized spacial score (nSPS) is 9.88. The molecule has 2 nitrogen and oxygen atoms in total. The van der Waals surface area contributed by atoms with Crippen LogP contribution in [-0.2, 0) is 11.2 Å². The number of nitrogens with one attached hydrogen (secondary N) is 1. The van der Waals surface area contributed by atoms with Crippen LogP contribution < -0.4 is 5.32 Å². The average Bonchev–Trinajstić information content (AvgIpc) is 2.29. The van der Waals surface area contributed by atoms with E-state index in [4.69, 9.17) is 0 Å². The standard InChI is InChI=1S/C13H16FNO/c1-3-7-15-13(16)9-10-5-6-12(14)11(4-2)8-10/h4-6,8H,2-3,7,9H2,1H3,(H,15,16). The highest BCUT2D eigenvalue weighted by Gasteiger charge is 2.05. The van der Waals surface area contributed by atoms with Crippen molar-refractivity contribution in [1.29, 1.82) is 0 Å². The third kappa shape index (κ3) is 3.50. The number of carbonyl (C=O) groups excluding carboxylic acids is 1. The van der Waals surface area contributed by atoms with Crippen molar-refractivity contribution in [2.75, 3.05) is 6.54 Å². The lowest BCUT2D eigenvalue weighted by Crippen LogP contribution is -2.25. The van der Waals surface area contributed by atoms with E-state index in [1.165, 1.54) is 12.1 Å². The fourth-order valence-electron chi connectivity index (χ4n) is 1.37. The maximum atomic E-state index is 13.1. The van der Waals surface area contributed by atoms with Gasteiger partial charge in [-0.15, -0.1) is 0 Å². The first-order valence-corrected chi connectivity index (χ1v) is 5.35. The van der Waals surface area contributed by atoms with Crippen molar-refractivity contribution in [3.63, 3.8) is 0 Å². The van der Waals surface area contributed by atoms with Gasteiger partial charge in [0.15, 0.2) is 0 Å². The second kappa shape index (κ2) is 6.05. The zero-order chi connectivity index (χ0) is 12.0. The Morgan fingerprint density at radius 3 is 2.94 bits per heavy atom.